The van der Waals surface area contributed by atoms with Crippen molar-refractivity contribution in [1.82, 2.24) is 4.90 Å². The number of aromatic carboxylic acids is 1. The van der Waals surface area contributed by atoms with Crippen molar-refractivity contribution >= 4 is 17.6 Å². The van der Waals surface area contributed by atoms with Gasteiger partial charge in [0, 0.05) is 23.7 Å². The number of carboxylic acids is 1. The smallest absolute Gasteiger partial charge is 0.335 e. The van der Waals surface area contributed by atoms with E-state index in [0.717, 1.165) is 29.0 Å². The van der Waals surface area contributed by atoms with E-state index in [1.165, 1.54) is 6.07 Å². The minimum absolute atomic E-state index is 0.0118. The van der Waals surface area contributed by atoms with E-state index in [2.05, 4.69) is 0 Å². The molecule has 8 heteroatoms. The third kappa shape index (κ3) is 3.40. The van der Waals surface area contributed by atoms with Crippen molar-refractivity contribution < 1.29 is 24.4 Å². The number of nitrogens with zero attached hydrogens (tertiary/aromatic N) is 2. The van der Waals surface area contributed by atoms with Crippen molar-refractivity contribution in [3.05, 3.63) is 68.8 Å². The van der Waals surface area contributed by atoms with Crippen LogP contribution in [-0.2, 0) is 6.42 Å². The zero-order valence-corrected chi connectivity index (χ0v) is 15.7. The Labute approximate surface area is 161 Å². The zero-order chi connectivity index (χ0) is 20.6. The van der Waals surface area contributed by atoms with Crippen LogP contribution in [-0.4, -0.2) is 40.0 Å². The van der Waals surface area contributed by atoms with Gasteiger partial charge in [0.1, 0.15) is 5.75 Å². The highest BCUT2D eigenvalue weighted by atomic mass is 16.6. The number of carboxylic acid groups (broad SMARTS) is 1. The number of rotatable bonds is 4. The molecule has 28 heavy (non-hydrogen) atoms. The molecule has 2 atom stereocenters. The lowest BCUT2D eigenvalue weighted by atomic mass is 9.88. The van der Waals surface area contributed by atoms with Crippen molar-refractivity contribution in [2.45, 2.75) is 32.4 Å². The predicted molar refractivity (Wildman–Crippen MR) is 101 cm³/mol. The molecule has 1 heterocycles. The molecule has 146 valence electrons. The molecular formula is C20H20N2O6. The van der Waals surface area contributed by atoms with Gasteiger partial charge >= 0.3 is 5.97 Å². The maximum absolute atomic E-state index is 13.2. The summed E-state index contributed by atoms with van der Waals surface area (Å²) in [6, 6.07) is 8.48. The second-order valence-corrected chi connectivity index (χ2v) is 6.84. The Morgan fingerprint density at radius 3 is 2.46 bits per heavy atom. The first-order chi connectivity index (χ1) is 13.2. The van der Waals surface area contributed by atoms with Crippen molar-refractivity contribution in [2.75, 3.05) is 7.11 Å². The third-order valence-electron chi connectivity index (χ3n) is 5.06. The molecule has 1 amide bonds. The average molecular weight is 384 g/mol. The molecule has 2 unspecified atom stereocenters. The highest BCUT2D eigenvalue weighted by molar-refractivity contribution is 5.99. The number of nitro groups is 1. The fourth-order valence-electron chi connectivity index (χ4n) is 3.73. The van der Waals surface area contributed by atoms with Crippen molar-refractivity contribution in [1.29, 1.82) is 0 Å². The number of benzene rings is 2. The first kappa shape index (κ1) is 19.3. The third-order valence-corrected chi connectivity index (χ3v) is 5.06. The summed E-state index contributed by atoms with van der Waals surface area (Å²) < 4.78 is 5.27. The molecule has 3 rings (SSSR count). The number of fused-ring (bicyclic) bond motifs is 1. The fourth-order valence-corrected chi connectivity index (χ4v) is 3.73. The molecule has 0 fully saturated rings. The lowest BCUT2D eigenvalue weighted by Crippen LogP contribution is -2.45. The van der Waals surface area contributed by atoms with Gasteiger partial charge in [0.2, 0.25) is 0 Å². The van der Waals surface area contributed by atoms with E-state index >= 15 is 0 Å². The molecule has 1 aliphatic rings. The molecule has 0 bridgehead atoms. The molecule has 0 radical (unpaired) electrons. The van der Waals surface area contributed by atoms with Crippen LogP contribution in [0, 0.1) is 10.1 Å². The van der Waals surface area contributed by atoms with E-state index in [0.29, 0.717) is 6.42 Å². The minimum atomic E-state index is -1.32. The molecule has 0 saturated carbocycles. The lowest BCUT2D eigenvalue weighted by molar-refractivity contribution is -0.384. The topological polar surface area (TPSA) is 110 Å². The van der Waals surface area contributed by atoms with E-state index in [1.807, 2.05) is 32.0 Å². The number of hydrogen-bond acceptors (Lipinski definition) is 5. The summed E-state index contributed by atoms with van der Waals surface area (Å²) >= 11 is 0. The second kappa shape index (κ2) is 7.30. The van der Waals surface area contributed by atoms with Gasteiger partial charge < -0.3 is 14.7 Å². The number of carbonyl (C=O) groups is 2. The van der Waals surface area contributed by atoms with E-state index in [-0.39, 0.29) is 23.2 Å². The SMILES string of the molecule is COc1ccc2c(c1)CC(C)N(C(=O)c1cc(C(=O)O)cc([N+](=O)[O-])c1)C2C. The molecule has 1 N–H and O–H groups in total. The van der Waals surface area contributed by atoms with Crippen LogP contribution in [0.3, 0.4) is 0 Å². The molecule has 8 nitrogen and oxygen atoms in total. The summed E-state index contributed by atoms with van der Waals surface area (Å²) in [5.74, 6) is -1.02. The van der Waals surface area contributed by atoms with Gasteiger partial charge in [0.05, 0.1) is 23.6 Å². The van der Waals surface area contributed by atoms with E-state index in [4.69, 9.17) is 4.74 Å². The highest BCUT2D eigenvalue weighted by Crippen LogP contribution is 2.36. The number of non-ortho nitro benzene ring substituents is 1. The van der Waals surface area contributed by atoms with Crippen LogP contribution in [0.15, 0.2) is 36.4 Å². The molecule has 0 saturated heterocycles. The van der Waals surface area contributed by atoms with Crippen molar-refractivity contribution in [3.63, 3.8) is 0 Å². The largest absolute Gasteiger partial charge is 0.497 e. The van der Waals surface area contributed by atoms with E-state index in [1.54, 1.807) is 12.0 Å². The molecule has 0 aromatic heterocycles. The summed E-state index contributed by atoms with van der Waals surface area (Å²) in [6.07, 6.45) is 0.601. The van der Waals surface area contributed by atoms with Crippen LogP contribution in [0.1, 0.15) is 51.7 Å². The number of hydrogen-bond donors (Lipinski definition) is 1. The summed E-state index contributed by atoms with van der Waals surface area (Å²) in [5, 5.41) is 20.4. The molecule has 0 spiro atoms. The monoisotopic (exact) mass is 384 g/mol. The number of methoxy groups -OCH3 is 1. The first-order valence-corrected chi connectivity index (χ1v) is 8.75. The second-order valence-electron chi connectivity index (χ2n) is 6.84. The lowest BCUT2D eigenvalue weighted by Gasteiger charge is -2.40. The quantitative estimate of drug-likeness (QED) is 0.639. The van der Waals surface area contributed by atoms with Gasteiger partial charge in [-0.05, 0) is 49.6 Å². The van der Waals surface area contributed by atoms with Gasteiger partial charge in [0.15, 0.2) is 0 Å². The standard InChI is InChI=1S/C20H20N2O6/c1-11-6-13-10-17(28-3)4-5-18(13)12(2)21(11)19(23)14-7-15(20(24)25)9-16(8-14)22(26)27/h4-5,7-12H,6H2,1-3H3,(H,24,25). The van der Waals surface area contributed by atoms with Gasteiger partial charge in [-0.3, -0.25) is 14.9 Å². The summed E-state index contributed by atoms with van der Waals surface area (Å²) in [5.41, 5.74) is 1.32. The van der Waals surface area contributed by atoms with E-state index < -0.39 is 22.5 Å². The summed E-state index contributed by atoms with van der Waals surface area (Å²) in [6.45, 7) is 3.78. The normalized spacial score (nSPS) is 18.3. The highest BCUT2D eigenvalue weighted by Gasteiger charge is 2.34. The van der Waals surface area contributed by atoms with Crippen LogP contribution in [0.5, 0.6) is 5.75 Å². The molecule has 2 aromatic rings. The van der Waals surface area contributed by atoms with Crippen LogP contribution >= 0.6 is 0 Å². The average Bonchev–Trinajstić information content (AvgIpc) is 2.66. The maximum Gasteiger partial charge on any atom is 0.335 e. The Balaban J connectivity index is 2.02. The van der Waals surface area contributed by atoms with Crippen LogP contribution in [0.25, 0.3) is 0 Å². The Bertz CT molecular complexity index is 939. The van der Waals surface area contributed by atoms with Crippen LogP contribution in [0.4, 0.5) is 5.69 Å². The van der Waals surface area contributed by atoms with Gasteiger partial charge in [-0.2, -0.15) is 0 Å². The van der Waals surface area contributed by atoms with Gasteiger partial charge in [-0.1, -0.05) is 6.07 Å². The van der Waals surface area contributed by atoms with Gasteiger partial charge in [0.25, 0.3) is 11.6 Å². The van der Waals surface area contributed by atoms with E-state index in [9.17, 15) is 24.8 Å². The van der Waals surface area contributed by atoms with Crippen molar-refractivity contribution in [2.24, 2.45) is 0 Å². The molecule has 1 aliphatic heterocycles. The Hall–Kier alpha value is -3.42. The number of amides is 1. The molecule has 2 aromatic carbocycles. The molecular weight excluding hydrogens is 364 g/mol. The predicted octanol–water partition coefficient (Wildman–Crippen LogP) is 3.45. The van der Waals surface area contributed by atoms with Crippen LogP contribution in [0.2, 0.25) is 0 Å². The number of ether oxygens (including phenoxy) is 1. The van der Waals surface area contributed by atoms with Crippen molar-refractivity contribution in [3.8, 4) is 5.75 Å². The van der Waals surface area contributed by atoms with Gasteiger partial charge in [-0.15, -0.1) is 0 Å². The van der Waals surface area contributed by atoms with Gasteiger partial charge in [-0.25, -0.2) is 4.79 Å². The number of carbonyl (C=O) groups excluding carboxylic acids is 1. The molecule has 0 aliphatic carbocycles. The zero-order valence-electron chi connectivity index (χ0n) is 15.7. The Morgan fingerprint density at radius 2 is 1.86 bits per heavy atom. The summed E-state index contributed by atoms with van der Waals surface area (Å²) in [4.78, 5) is 36.6. The first-order valence-electron chi connectivity index (χ1n) is 8.75. The summed E-state index contributed by atoms with van der Waals surface area (Å²) in [7, 11) is 1.59. The fraction of sp³-hybridized carbons (Fsp3) is 0.300. The Kier molecular flexibility index (Phi) is 5.04. The Morgan fingerprint density at radius 1 is 1.18 bits per heavy atom. The minimum Gasteiger partial charge on any atom is -0.497 e. The van der Waals surface area contributed by atoms with Crippen LogP contribution < -0.4 is 4.74 Å². The number of nitro benzene ring substituents is 1. The maximum atomic E-state index is 13.2.